The van der Waals surface area contributed by atoms with Crippen LogP contribution < -0.4 is 11.1 Å². The molecule has 1 amide bonds. The Morgan fingerprint density at radius 3 is 2.94 bits per heavy atom. The third-order valence-corrected chi connectivity index (χ3v) is 3.74. The van der Waals surface area contributed by atoms with Crippen LogP contribution in [0.2, 0.25) is 0 Å². The van der Waals surface area contributed by atoms with Crippen molar-refractivity contribution in [3.63, 3.8) is 0 Å². The highest BCUT2D eigenvalue weighted by Gasteiger charge is 2.26. The van der Waals surface area contributed by atoms with E-state index in [0.717, 1.165) is 32.2 Å². The van der Waals surface area contributed by atoms with Gasteiger partial charge in [-0.3, -0.25) is 4.79 Å². The number of nitrogens with two attached hydrogens (primary N) is 1. The number of carbonyl (C=O) groups is 1. The largest absolute Gasteiger partial charge is 0.377 e. The van der Waals surface area contributed by atoms with Gasteiger partial charge < -0.3 is 15.8 Å². The zero-order valence-electron chi connectivity index (χ0n) is 11.8. The summed E-state index contributed by atoms with van der Waals surface area (Å²) in [7, 11) is 0. The Labute approximate surface area is 111 Å². The lowest BCUT2D eigenvalue weighted by atomic mass is 9.79. The molecule has 0 radical (unpaired) electrons. The maximum absolute atomic E-state index is 12.1. The predicted octanol–water partition coefficient (Wildman–Crippen LogP) is 1.68. The van der Waals surface area contributed by atoms with E-state index in [9.17, 15) is 4.79 Å². The van der Waals surface area contributed by atoms with Gasteiger partial charge in [-0.2, -0.15) is 0 Å². The van der Waals surface area contributed by atoms with Crippen LogP contribution in [0.15, 0.2) is 0 Å². The van der Waals surface area contributed by atoms with E-state index in [1.54, 1.807) is 0 Å². The SMILES string of the molecule is CCOC(C)CNC(=O)C1CCCC(CCN)C1. The van der Waals surface area contributed by atoms with Crippen LogP contribution in [0.3, 0.4) is 0 Å². The van der Waals surface area contributed by atoms with Crippen molar-refractivity contribution in [3.05, 3.63) is 0 Å². The van der Waals surface area contributed by atoms with Crippen LogP contribution in [0, 0.1) is 11.8 Å². The molecule has 1 aliphatic rings. The molecule has 1 saturated carbocycles. The molecular weight excluding hydrogens is 228 g/mol. The van der Waals surface area contributed by atoms with Gasteiger partial charge in [0.1, 0.15) is 0 Å². The molecule has 3 N–H and O–H groups in total. The molecule has 0 aromatic rings. The van der Waals surface area contributed by atoms with Gasteiger partial charge in [0.25, 0.3) is 0 Å². The van der Waals surface area contributed by atoms with Crippen molar-refractivity contribution in [2.45, 2.75) is 52.1 Å². The van der Waals surface area contributed by atoms with E-state index in [1.807, 2.05) is 13.8 Å². The number of nitrogens with one attached hydrogen (secondary N) is 1. The van der Waals surface area contributed by atoms with Crippen LogP contribution in [-0.2, 0) is 9.53 Å². The molecule has 1 fully saturated rings. The molecule has 106 valence electrons. The van der Waals surface area contributed by atoms with E-state index in [-0.39, 0.29) is 17.9 Å². The smallest absolute Gasteiger partial charge is 0.223 e. The second kappa shape index (κ2) is 8.48. The van der Waals surface area contributed by atoms with E-state index in [4.69, 9.17) is 10.5 Å². The van der Waals surface area contributed by atoms with E-state index < -0.39 is 0 Å². The number of ether oxygens (including phenoxy) is 1. The van der Waals surface area contributed by atoms with Crippen molar-refractivity contribution in [2.75, 3.05) is 19.7 Å². The number of carbonyl (C=O) groups excluding carboxylic acids is 1. The Kier molecular flexibility index (Phi) is 7.28. The average molecular weight is 256 g/mol. The van der Waals surface area contributed by atoms with Gasteiger partial charge in [-0.05, 0) is 45.6 Å². The highest BCUT2D eigenvalue weighted by atomic mass is 16.5. The topological polar surface area (TPSA) is 64.3 Å². The lowest BCUT2D eigenvalue weighted by Gasteiger charge is -2.28. The van der Waals surface area contributed by atoms with E-state index in [0.29, 0.717) is 19.1 Å². The van der Waals surface area contributed by atoms with Gasteiger partial charge in [0.2, 0.25) is 5.91 Å². The Balaban J connectivity index is 2.28. The van der Waals surface area contributed by atoms with Gasteiger partial charge in [-0.15, -0.1) is 0 Å². The van der Waals surface area contributed by atoms with E-state index in [2.05, 4.69) is 5.32 Å². The Morgan fingerprint density at radius 2 is 2.28 bits per heavy atom. The van der Waals surface area contributed by atoms with Gasteiger partial charge in [-0.25, -0.2) is 0 Å². The minimum absolute atomic E-state index is 0.0994. The fourth-order valence-corrected chi connectivity index (χ4v) is 2.76. The van der Waals surface area contributed by atoms with Gasteiger partial charge >= 0.3 is 0 Å². The molecule has 0 saturated heterocycles. The van der Waals surface area contributed by atoms with E-state index >= 15 is 0 Å². The summed E-state index contributed by atoms with van der Waals surface area (Å²) in [5, 5.41) is 3.00. The zero-order chi connectivity index (χ0) is 13.4. The number of hydrogen-bond donors (Lipinski definition) is 2. The molecule has 4 nitrogen and oxygen atoms in total. The van der Waals surface area contributed by atoms with Crippen molar-refractivity contribution in [2.24, 2.45) is 17.6 Å². The summed E-state index contributed by atoms with van der Waals surface area (Å²) in [6.07, 6.45) is 5.57. The Hall–Kier alpha value is -0.610. The third-order valence-electron chi connectivity index (χ3n) is 3.74. The number of amides is 1. The number of rotatable bonds is 7. The Morgan fingerprint density at radius 1 is 1.50 bits per heavy atom. The highest BCUT2D eigenvalue weighted by molar-refractivity contribution is 5.78. The minimum Gasteiger partial charge on any atom is -0.377 e. The molecule has 0 aromatic heterocycles. The van der Waals surface area contributed by atoms with Crippen LogP contribution >= 0.6 is 0 Å². The first-order valence-corrected chi connectivity index (χ1v) is 7.26. The van der Waals surface area contributed by atoms with Crippen molar-refractivity contribution in [1.82, 2.24) is 5.32 Å². The fraction of sp³-hybridized carbons (Fsp3) is 0.929. The molecule has 0 heterocycles. The van der Waals surface area contributed by atoms with Gasteiger partial charge in [0, 0.05) is 19.1 Å². The number of hydrogen-bond acceptors (Lipinski definition) is 3. The monoisotopic (exact) mass is 256 g/mol. The standard InChI is InChI=1S/C14H28N2O2/c1-3-18-11(2)10-16-14(17)13-6-4-5-12(9-13)7-8-15/h11-13H,3-10,15H2,1-2H3,(H,16,17). The lowest BCUT2D eigenvalue weighted by Crippen LogP contribution is -2.38. The molecular formula is C14H28N2O2. The molecule has 0 bridgehead atoms. The summed E-state index contributed by atoms with van der Waals surface area (Å²) >= 11 is 0. The third kappa shape index (κ3) is 5.36. The zero-order valence-corrected chi connectivity index (χ0v) is 11.8. The highest BCUT2D eigenvalue weighted by Crippen LogP contribution is 2.30. The van der Waals surface area contributed by atoms with E-state index in [1.165, 1.54) is 6.42 Å². The van der Waals surface area contributed by atoms with Gasteiger partial charge in [-0.1, -0.05) is 12.8 Å². The summed E-state index contributed by atoms with van der Waals surface area (Å²) in [4.78, 5) is 12.1. The first-order valence-electron chi connectivity index (χ1n) is 7.26. The normalized spacial score (nSPS) is 25.7. The summed E-state index contributed by atoms with van der Waals surface area (Å²) in [5.74, 6) is 1.02. The molecule has 3 atom stereocenters. The molecule has 1 aliphatic carbocycles. The van der Waals surface area contributed by atoms with Gasteiger partial charge in [0.15, 0.2) is 0 Å². The summed E-state index contributed by atoms with van der Waals surface area (Å²) in [6.45, 7) is 6.00. The van der Waals surface area contributed by atoms with Gasteiger partial charge in [0.05, 0.1) is 6.10 Å². The van der Waals surface area contributed by atoms with Crippen LogP contribution in [0.1, 0.15) is 46.0 Å². The van der Waals surface area contributed by atoms with Crippen LogP contribution in [0.4, 0.5) is 0 Å². The van der Waals surface area contributed by atoms with Crippen LogP contribution in [0.25, 0.3) is 0 Å². The molecule has 3 unspecified atom stereocenters. The van der Waals surface area contributed by atoms with Crippen molar-refractivity contribution in [1.29, 1.82) is 0 Å². The molecule has 0 aliphatic heterocycles. The second-order valence-electron chi connectivity index (χ2n) is 5.32. The molecule has 1 rings (SSSR count). The molecule has 0 spiro atoms. The minimum atomic E-state index is 0.0994. The quantitative estimate of drug-likeness (QED) is 0.728. The maximum atomic E-state index is 12.1. The molecule has 4 heteroatoms. The predicted molar refractivity (Wildman–Crippen MR) is 73.2 cm³/mol. The summed E-state index contributed by atoms with van der Waals surface area (Å²) in [6, 6.07) is 0. The Bertz CT molecular complexity index is 244. The molecule has 0 aromatic carbocycles. The summed E-state index contributed by atoms with van der Waals surface area (Å²) < 4.78 is 5.41. The second-order valence-corrected chi connectivity index (χ2v) is 5.32. The summed E-state index contributed by atoms with van der Waals surface area (Å²) in [5.41, 5.74) is 5.60. The fourth-order valence-electron chi connectivity index (χ4n) is 2.76. The first-order chi connectivity index (χ1) is 8.67. The van der Waals surface area contributed by atoms with Crippen molar-refractivity contribution in [3.8, 4) is 0 Å². The lowest BCUT2D eigenvalue weighted by molar-refractivity contribution is -0.127. The molecule has 18 heavy (non-hydrogen) atoms. The first kappa shape index (κ1) is 15.4. The van der Waals surface area contributed by atoms with Crippen LogP contribution in [0.5, 0.6) is 0 Å². The maximum Gasteiger partial charge on any atom is 0.223 e. The van der Waals surface area contributed by atoms with Crippen molar-refractivity contribution < 1.29 is 9.53 Å². The van der Waals surface area contributed by atoms with Crippen molar-refractivity contribution >= 4 is 5.91 Å². The average Bonchev–Trinajstić information content (AvgIpc) is 2.37. The van der Waals surface area contributed by atoms with Crippen LogP contribution in [-0.4, -0.2) is 31.7 Å².